The van der Waals surface area contributed by atoms with Gasteiger partial charge in [0.1, 0.15) is 5.60 Å². The minimum Gasteiger partial charge on any atom is -0.444 e. The van der Waals surface area contributed by atoms with Crippen molar-refractivity contribution in [1.82, 2.24) is 5.32 Å². The molecule has 1 saturated carbocycles. The van der Waals surface area contributed by atoms with Crippen LogP contribution >= 0.6 is 0 Å². The molecule has 0 saturated heterocycles. The van der Waals surface area contributed by atoms with E-state index in [0.717, 1.165) is 12.8 Å². The molecule has 0 aromatic carbocycles. The van der Waals surface area contributed by atoms with E-state index in [1.807, 2.05) is 20.8 Å². The fraction of sp³-hybridized carbons (Fsp3) is 0.800. The molecule has 1 rings (SSSR count). The second-order valence-electron chi connectivity index (χ2n) is 4.41. The summed E-state index contributed by atoms with van der Waals surface area (Å²) in [5, 5.41) is 2.81. The Morgan fingerprint density at radius 3 is 2.20 bits per heavy atom. The predicted molar refractivity (Wildman–Crippen MR) is 57.3 cm³/mol. The molecule has 0 unspecified atom stereocenters. The van der Waals surface area contributed by atoms with Gasteiger partial charge in [0.15, 0.2) is 0 Å². The van der Waals surface area contributed by atoms with E-state index in [9.17, 15) is 4.79 Å². The molecule has 5 heteroatoms. The van der Waals surface area contributed by atoms with Crippen LogP contribution in [0.2, 0.25) is 0 Å². The molecule has 0 spiro atoms. The quantitative estimate of drug-likeness (QED) is 0.645. The van der Waals surface area contributed by atoms with Crippen molar-refractivity contribution in [3.63, 3.8) is 0 Å². The van der Waals surface area contributed by atoms with Crippen molar-refractivity contribution in [1.29, 1.82) is 0 Å². The second kappa shape index (κ2) is 6.27. The molecular weight excluding hydrogens is 196 g/mol. The topological polar surface area (TPSA) is 81.4 Å². The molecule has 0 atom stereocenters. The van der Waals surface area contributed by atoms with E-state index in [1.165, 1.54) is 6.42 Å². The standard InChI is InChI=1S/C9H17NO2.CH3NO/c1-9(2,3)12-8(11)10-7-5-4-6-7;2-1-3/h7H,4-6H2,1-3H3,(H,10,11);1H,(H2,2,3). The normalized spacial score (nSPS) is 15.4. The number of rotatable bonds is 1. The van der Waals surface area contributed by atoms with Crippen molar-refractivity contribution in [3.05, 3.63) is 0 Å². The van der Waals surface area contributed by atoms with E-state index < -0.39 is 0 Å². The molecule has 0 aromatic heterocycles. The van der Waals surface area contributed by atoms with Gasteiger partial charge in [-0.2, -0.15) is 0 Å². The average molecular weight is 216 g/mol. The zero-order chi connectivity index (χ0) is 11.9. The number of alkyl carbamates (subject to hydrolysis) is 1. The number of hydrogen-bond acceptors (Lipinski definition) is 3. The lowest BCUT2D eigenvalue weighted by atomic mass is 9.93. The van der Waals surface area contributed by atoms with Gasteiger partial charge in [0.2, 0.25) is 6.41 Å². The van der Waals surface area contributed by atoms with Gasteiger partial charge in [0.05, 0.1) is 0 Å². The summed E-state index contributed by atoms with van der Waals surface area (Å²) in [5.74, 6) is 0. The molecule has 0 radical (unpaired) electrons. The second-order valence-corrected chi connectivity index (χ2v) is 4.41. The minimum absolute atomic E-state index is 0.250. The summed E-state index contributed by atoms with van der Waals surface area (Å²) in [4.78, 5) is 19.7. The van der Waals surface area contributed by atoms with Crippen LogP contribution in [0.25, 0.3) is 0 Å². The summed E-state index contributed by atoms with van der Waals surface area (Å²) >= 11 is 0. The summed E-state index contributed by atoms with van der Waals surface area (Å²) in [6, 6.07) is 0.361. The van der Waals surface area contributed by atoms with Crippen LogP contribution in [0.5, 0.6) is 0 Å². The van der Waals surface area contributed by atoms with Crippen LogP contribution in [-0.2, 0) is 9.53 Å². The van der Waals surface area contributed by atoms with Crippen LogP contribution < -0.4 is 11.1 Å². The Labute approximate surface area is 90.4 Å². The molecule has 0 aliphatic heterocycles. The van der Waals surface area contributed by atoms with Crippen molar-refractivity contribution < 1.29 is 14.3 Å². The molecule has 0 bridgehead atoms. The third-order valence-electron chi connectivity index (χ3n) is 1.83. The number of nitrogens with two attached hydrogens (primary N) is 1. The molecule has 1 fully saturated rings. The van der Waals surface area contributed by atoms with E-state index in [4.69, 9.17) is 9.53 Å². The van der Waals surface area contributed by atoms with Gasteiger partial charge in [0, 0.05) is 6.04 Å². The van der Waals surface area contributed by atoms with Crippen LogP contribution in [-0.4, -0.2) is 24.1 Å². The Kier molecular flexibility index (Phi) is 5.74. The molecule has 0 aromatic rings. The van der Waals surface area contributed by atoms with Gasteiger partial charge >= 0.3 is 6.09 Å². The Balaban J connectivity index is 0.000000583. The maximum Gasteiger partial charge on any atom is 0.407 e. The molecule has 0 heterocycles. The van der Waals surface area contributed by atoms with Crippen molar-refractivity contribution in [2.75, 3.05) is 0 Å². The van der Waals surface area contributed by atoms with Crippen LogP contribution in [0.3, 0.4) is 0 Å². The van der Waals surface area contributed by atoms with Crippen molar-refractivity contribution >= 4 is 12.5 Å². The summed E-state index contributed by atoms with van der Waals surface area (Å²) in [6.07, 6.45) is 3.38. The highest BCUT2D eigenvalue weighted by Crippen LogP contribution is 2.18. The van der Waals surface area contributed by atoms with Gasteiger partial charge in [-0.05, 0) is 40.0 Å². The van der Waals surface area contributed by atoms with Crippen molar-refractivity contribution in [3.8, 4) is 0 Å². The van der Waals surface area contributed by atoms with E-state index >= 15 is 0 Å². The fourth-order valence-corrected chi connectivity index (χ4v) is 1.03. The van der Waals surface area contributed by atoms with Gasteiger partial charge in [-0.25, -0.2) is 4.79 Å². The Morgan fingerprint density at radius 1 is 1.47 bits per heavy atom. The van der Waals surface area contributed by atoms with Gasteiger partial charge in [0.25, 0.3) is 0 Å². The van der Waals surface area contributed by atoms with Crippen molar-refractivity contribution in [2.24, 2.45) is 5.73 Å². The molecule has 3 N–H and O–H groups in total. The minimum atomic E-state index is -0.381. The number of ether oxygens (including phenoxy) is 1. The van der Waals surface area contributed by atoms with Crippen LogP contribution in [0.4, 0.5) is 4.79 Å². The van der Waals surface area contributed by atoms with Crippen LogP contribution in [0, 0.1) is 0 Å². The highest BCUT2D eigenvalue weighted by molar-refractivity contribution is 5.68. The smallest absolute Gasteiger partial charge is 0.407 e. The molecule has 15 heavy (non-hydrogen) atoms. The number of primary amides is 1. The number of amides is 2. The first-order chi connectivity index (χ1) is 6.89. The maximum atomic E-state index is 11.1. The first-order valence-corrected chi connectivity index (χ1v) is 5.04. The summed E-state index contributed by atoms with van der Waals surface area (Å²) < 4.78 is 5.09. The first-order valence-electron chi connectivity index (χ1n) is 5.04. The monoisotopic (exact) mass is 216 g/mol. The van der Waals surface area contributed by atoms with E-state index in [0.29, 0.717) is 6.04 Å². The van der Waals surface area contributed by atoms with Gasteiger partial charge in [-0.1, -0.05) is 0 Å². The highest BCUT2D eigenvalue weighted by Gasteiger charge is 2.22. The molecule has 2 amide bonds. The van der Waals surface area contributed by atoms with Gasteiger partial charge < -0.3 is 15.8 Å². The van der Waals surface area contributed by atoms with E-state index in [1.54, 1.807) is 0 Å². The Morgan fingerprint density at radius 2 is 1.93 bits per heavy atom. The van der Waals surface area contributed by atoms with E-state index in [-0.39, 0.29) is 18.1 Å². The van der Waals surface area contributed by atoms with E-state index in [2.05, 4.69) is 11.1 Å². The highest BCUT2D eigenvalue weighted by atomic mass is 16.6. The summed E-state index contributed by atoms with van der Waals surface area (Å²) in [5.41, 5.74) is 3.79. The molecule has 1 aliphatic carbocycles. The SMILES string of the molecule is CC(C)(C)OC(=O)NC1CCC1.NC=O. The fourth-order valence-electron chi connectivity index (χ4n) is 1.03. The summed E-state index contributed by atoms with van der Waals surface area (Å²) in [7, 11) is 0. The van der Waals surface area contributed by atoms with Gasteiger partial charge in [-0.3, -0.25) is 4.79 Å². The number of hydrogen-bond donors (Lipinski definition) is 2. The zero-order valence-corrected chi connectivity index (χ0v) is 9.58. The number of carbonyl (C=O) groups excluding carboxylic acids is 2. The van der Waals surface area contributed by atoms with Gasteiger partial charge in [-0.15, -0.1) is 0 Å². The van der Waals surface area contributed by atoms with Crippen LogP contribution in [0.1, 0.15) is 40.0 Å². The maximum absolute atomic E-state index is 11.1. The third kappa shape index (κ3) is 7.78. The lowest BCUT2D eigenvalue weighted by molar-refractivity contribution is -0.106. The lowest BCUT2D eigenvalue weighted by Gasteiger charge is -2.28. The van der Waals surface area contributed by atoms with Crippen LogP contribution in [0.15, 0.2) is 0 Å². The zero-order valence-electron chi connectivity index (χ0n) is 9.58. The lowest BCUT2D eigenvalue weighted by Crippen LogP contribution is -2.42. The van der Waals surface area contributed by atoms with Crippen molar-refractivity contribution in [2.45, 2.75) is 51.7 Å². The average Bonchev–Trinajstić information content (AvgIpc) is 1.95. The first kappa shape index (κ1) is 13.7. The number of nitrogens with one attached hydrogen (secondary N) is 1. The molecule has 88 valence electrons. The number of carbonyl (C=O) groups is 2. The molecule has 1 aliphatic rings. The molecular formula is C10H20N2O3. The summed E-state index contributed by atoms with van der Waals surface area (Å²) in [6.45, 7) is 5.61. The predicted octanol–water partition coefficient (Wildman–Crippen LogP) is 1.17. The molecule has 5 nitrogen and oxygen atoms in total. The Hall–Kier alpha value is -1.26. The largest absolute Gasteiger partial charge is 0.444 e. The third-order valence-corrected chi connectivity index (χ3v) is 1.83. The Bertz CT molecular complexity index is 207.